The van der Waals surface area contributed by atoms with E-state index in [-0.39, 0.29) is 11.3 Å². The Hall–Kier alpha value is -1.16. The van der Waals surface area contributed by atoms with Crippen LogP contribution in [-0.4, -0.2) is 16.9 Å². The lowest BCUT2D eigenvalue weighted by molar-refractivity contribution is -0.116. The maximum Gasteiger partial charge on any atom is 0.336 e. The molecule has 1 atom stereocenters. The van der Waals surface area contributed by atoms with Crippen molar-refractivity contribution in [3.05, 3.63) is 34.9 Å². The molecule has 0 spiro atoms. The summed E-state index contributed by atoms with van der Waals surface area (Å²) in [6, 6.07) is 5.07. The molecule has 4 heteroatoms. The number of carbonyl (C=O) groups is 2. The van der Waals surface area contributed by atoms with E-state index in [4.69, 9.17) is 5.11 Å². The molecular formula is C12H13BrO3. The fourth-order valence-corrected chi connectivity index (χ4v) is 2.15. The second kappa shape index (κ2) is 5.25. The minimum absolute atomic E-state index is 0.0941. The van der Waals surface area contributed by atoms with E-state index < -0.39 is 10.8 Å². The molecule has 0 aliphatic rings. The number of hydrogen-bond acceptors (Lipinski definition) is 2. The normalized spacial score (nSPS) is 12.2. The lowest BCUT2D eigenvalue weighted by Crippen LogP contribution is -2.11. The summed E-state index contributed by atoms with van der Waals surface area (Å²) in [7, 11) is 0. The van der Waals surface area contributed by atoms with Crippen molar-refractivity contribution < 1.29 is 14.7 Å². The van der Waals surface area contributed by atoms with Gasteiger partial charge in [0.2, 0.25) is 0 Å². The zero-order valence-electron chi connectivity index (χ0n) is 9.16. The number of alkyl halides is 1. The number of halogens is 1. The van der Waals surface area contributed by atoms with Crippen molar-refractivity contribution in [1.82, 2.24) is 0 Å². The topological polar surface area (TPSA) is 54.4 Å². The summed E-state index contributed by atoms with van der Waals surface area (Å²) < 4.78 is 0. The molecular weight excluding hydrogens is 272 g/mol. The van der Waals surface area contributed by atoms with E-state index in [1.54, 1.807) is 6.07 Å². The summed E-state index contributed by atoms with van der Waals surface area (Å²) >= 11 is 3.25. The molecule has 0 radical (unpaired) electrons. The highest BCUT2D eigenvalue weighted by molar-refractivity contribution is 9.09. The van der Waals surface area contributed by atoms with Crippen molar-refractivity contribution in [2.45, 2.75) is 25.1 Å². The first kappa shape index (κ1) is 12.9. The SMILES string of the molecule is CCc1cccc(C(=O)O)c1C(Br)C(C)=O. The molecule has 0 amide bonds. The number of hydrogen-bond donors (Lipinski definition) is 1. The van der Waals surface area contributed by atoms with Gasteiger partial charge in [0.25, 0.3) is 0 Å². The third-order valence-corrected chi connectivity index (χ3v) is 3.52. The smallest absolute Gasteiger partial charge is 0.336 e. The summed E-state index contributed by atoms with van der Waals surface area (Å²) in [4.78, 5) is 21.9. The number of carboxylic acids is 1. The molecule has 0 aliphatic carbocycles. The van der Waals surface area contributed by atoms with Crippen LogP contribution in [0.25, 0.3) is 0 Å². The zero-order valence-corrected chi connectivity index (χ0v) is 10.7. The highest BCUT2D eigenvalue weighted by Crippen LogP contribution is 2.30. The van der Waals surface area contributed by atoms with Crippen molar-refractivity contribution in [2.24, 2.45) is 0 Å². The van der Waals surface area contributed by atoms with Gasteiger partial charge in [-0.2, -0.15) is 0 Å². The first-order chi connectivity index (χ1) is 7.49. The average molecular weight is 285 g/mol. The Morgan fingerprint density at radius 3 is 2.50 bits per heavy atom. The highest BCUT2D eigenvalue weighted by Gasteiger charge is 2.22. The average Bonchev–Trinajstić information content (AvgIpc) is 2.26. The quantitative estimate of drug-likeness (QED) is 0.865. The van der Waals surface area contributed by atoms with E-state index in [0.29, 0.717) is 12.0 Å². The molecule has 1 aromatic rings. The second-order valence-corrected chi connectivity index (χ2v) is 4.43. The molecule has 3 nitrogen and oxygen atoms in total. The molecule has 0 aliphatic heterocycles. The Balaban J connectivity index is 3.41. The summed E-state index contributed by atoms with van der Waals surface area (Å²) in [5.74, 6) is -1.10. The summed E-state index contributed by atoms with van der Waals surface area (Å²) in [5.41, 5.74) is 1.65. The second-order valence-electron chi connectivity index (χ2n) is 3.51. The van der Waals surface area contributed by atoms with Crippen molar-refractivity contribution in [1.29, 1.82) is 0 Å². The van der Waals surface area contributed by atoms with Gasteiger partial charge in [-0.05, 0) is 30.5 Å². The van der Waals surface area contributed by atoms with Crippen molar-refractivity contribution in [2.75, 3.05) is 0 Å². The third-order valence-electron chi connectivity index (χ3n) is 2.42. The lowest BCUT2D eigenvalue weighted by Gasteiger charge is -2.14. The molecule has 0 saturated carbocycles. The predicted octanol–water partition coefficient (Wildman–Crippen LogP) is 2.97. The van der Waals surface area contributed by atoms with Gasteiger partial charge in [-0.1, -0.05) is 35.0 Å². The molecule has 0 aromatic heterocycles. The van der Waals surface area contributed by atoms with Crippen LogP contribution in [0, 0.1) is 0 Å². The number of ketones is 1. The largest absolute Gasteiger partial charge is 0.478 e. The van der Waals surface area contributed by atoms with Gasteiger partial charge in [-0.3, -0.25) is 4.79 Å². The third kappa shape index (κ3) is 2.50. The van der Waals surface area contributed by atoms with E-state index in [1.807, 2.05) is 13.0 Å². The minimum Gasteiger partial charge on any atom is -0.478 e. The van der Waals surface area contributed by atoms with Gasteiger partial charge in [0, 0.05) is 0 Å². The first-order valence-corrected chi connectivity index (χ1v) is 5.90. The Kier molecular flexibility index (Phi) is 4.24. The van der Waals surface area contributed by atoms with Crippen LogP contribution in [0.4, 0.5) is 0 Å². The Labute approximate surface area is 103 Å². The summed E-state index contributed by atoms with van der Waals surface area (Å²) in [6.45, 7) is 3.38. The molecule has 1 aromatic carbocycles. The number of aryl methyl sites for hydroxylation is 1. The molecule has 1 unspecified atom stereocenters. The van der Waals surface area contributed by atoms with Crippen LogP contribution in [0.3, 0.4) is 0 Å². The number of Topliss-reactive ketones (excluding diaryl/α,β-unsaturated/α-hetero) is 1. The van der Waals surface area contributed by atoms with Crippen LogP contribution < -0.4 is 0 Å². The van der Waals surface area contributed by atoms with Crippen molar-refractivity contribution in [3.63, 3.8) is 0 Å². The highest BCUT2D eigenvalue weighted by atomic mass is 79.9. The molecule has 0 heterocycles. The number of carboxylic acid groups (broad SMARTS) is 1. The summed E-state index contributed by atoms with van der Waals surface area (Å²) in [5, 5.41) is 9.08. The van der Waals surface area contributed by atoms with E-state index in [0.717, 1.165) is 5.56 Å². The maximum absolute atomic E-state index is 11.3. The van der Waals surface area contributed by atoms with E-state index in [9.17, 15) is 9.59 Å². The van der Waals surface area contributed by atoms with Crippen LogP contribution in [0.15, 0.2) is 18.2 Å². The van der Waals surface area contributed by atoms with Gasteiger partial charge in [0.1, 0.15) is 5.78 Å². The van der Waals surface area contributed by atoms with Crippen LogP contribution in [0.5, 0.6) is 0 Å². The molecule has 1 N–H and O–H groups in total. The Morgan fingerprint density at radius 2 is 2.06 bits per heavy atom. The van der Waals surface area contributed by atoms with Crippen molar-refractivity contribution >= 4 is 27.7 Å². The zero-order chi connectivity index (χ0) is 12.3. The standard InChI is InChI=1S/C12H13BrO3/c1-3-8-5-4-6-9(12(15)16)10(8)11(13)7(2)14/h4-6,11H,3H2,1-2H3,(H,15,16). The fourth-order valence-electron chi connectivity index (χ4n) is 1.61. The van der Waals surface area contributed by atoms with Gasteiger partial charge in [0.05, 0.1) is 10.4 Å². The number of benzene rings is 1. The van der Waals surface area contributed by atoms with Crippen LogP contribution in [-0.2, 0) is 11.2 Å². The maximum atomic E-state index is 11.3. The van der Waals surface area contributed by atoms with Gasteiger partial charge < -0.3 is 5.11 Å². The molecule has 1 rings (SSSR count). The van der Waals surface area contributed by atoms with Crippen LogP contribution >= 0.6 is 15.9 Å². The molecule has 0 bridgehead atoms. The first-order valence-electron chi connectivity index (χ1n) is 4.98. The Bertz CT molecular complexity index is 426. The number of rotatable bonds is 4. The number of carbonyl (C=O) groups excluding carboxylic acids is 1. The van der Waals surface area contributed by atoms with Gasteiger partial charge in [-0.15, -0.1) is 0 Å². The monoisotopic (exact) mass is 284 g/mol. The molecule has 0 saturated heterocycles. The number of aromatic carboxylic acids is 1. The van der Waals surface area contributed by atoms with E-state index in [2.05, 4.69) is 15.9 Å². The van der Waals surface area contributed by atoms with Crippen LogP contribution in [0.2, 0.25) is 0 Å². The fraction of sp³-hybridized carbons (Fsp3) is 0.333. The molecule has 0 fully saturated rings. The molecule has 86 valence electrons. The molecule has 16 heavy (non-hydrogen) atoms. The minimum atomic E-state index is -1.00. The predicted molar refractivity (Wildman–Crippen MR) is 65.1 cm³/mol. The lowest BCUT2D eigenvalue weighted by atomic mass is 9.95. The summed E-state index contributed by atoms with van der Waals surface area (Å²) in [6.07, 6.45) is 0.700. The Morgan fingerprint density at radius 1 is 1.44 bits per heavy atom. The van der Waals surface area contributed by atoms with Crippen molar-refractivity contribution in [3.8, 4) is 0 Å². The van der Waals surface area contributed by atoms with E-state index in [1.165, 1.54) is 13.0 Å². The van der Waals surface area contributed by atoms with Gasteiger partial charge >= 0.3 is 5.97 Å². The van der Waals surface area contributed by atoms with Gasteiger partial charge in [0.15, 0.2) is 0 Å². The van der Waals surface area contributed by atoms with Crippen LogP contribution in [0.1, 0.15) is 40.2 Å². The van der Waals surface area contributed by atoms with Gasteiger partial charge in [-0.25, -0.2) is 4.79 Å². The van der Waals surface area contributed by atoms with E-state index >= 15 is 0 Å².